The summed E-state index contributed by atoms with van der Waals surface area (Å²) in [6.45, 7) is 1.56. The highest BCUT2D eigenvalue weighted by Crippen LogP contribution is 2.14. The third kappa shape index (κ3) is 32.6. The van der Waals surface area contributed by atoms with Gasteiger partial charge in [0.05, 0.1) is 13.2 Å². The zero-order valence-electron chi connectivity index (χ0n) is 19.1. The fourth-order valence-corrected chi connectivity index (χ4v) is 3.38. The molecule has 0 amide bonds. The van der Waals surface area contributed by atoms with Gasteiger partial charge in [-0.3, -0.25) is 0 Å². The van der Waals surface area contributed by atoms with Crippen LogP contribution in [-0.4, -0.2) is 44.8 Å². The van der Waals surface area contributed by atoms with Crippen molar-refractivity contribution in [2.75, 3.05) is 13.2 Å². The van der Waals surface area contributed by atoms with E-state index in [1.54, 1.807) is 0 Å². The Morgan fingerprint density at radius 3 is 1.07 bits per heavy atom. The van der Waals surface area contributed by atoms with Crippen molar-refractivity contribution in [3.05, 3.63) is 0 Å². The maximum absolute atomic E-state index is 8.92. The Hall–Kier alpha value is -0.230. The zero-order valence-corrected chi connectivity index (χ0v) is 19.9. The van der Waals surface area contributed by atoms with Gasteiger partial charge in [0.25, 0.3) is 0 Å². The molecule has 0 rings (SSSR count). The molecule has 0 aromatic carbocycles. The molecule has 0 saturated heterocycles. The van der Waals surface area contributed by atoms with Gasteiger partial charge in [-0.25, -0.2) is 0 Å². The molecule has 0 fully saturated rings. The quantitative estimate of drug-likeness (QED) is 0.120. The van der Waals surface area contributed by atoms with Crippen LogP contribution in [0.5, 0.6) is 0 Å². The van der Waals surface area contributed by atoms with Crippen LogP contribution in [0.2, 0.25) is 0 Å². The molecule has 0 saturated carbocycles. The summed E-state index contributed by atoms with van der Waals surface area (Å²) >= 11 is 4.67. The summed E-state index contributed by atoms with van der Waals surface area (Å²) in [6, 6.07) is 0. The first-order valence-corrected chi connectivity index (χ1v) is 12.6. The van der Waals surface area contributed by atoms with E-state index in [0.717, 1.165) is 6.42 Å². The summed E-state index contributed by atoms with van der Waals surface area (Å²) in [7, 11) is 0. The van der Waals surface area contributed by atoms with Crippen LogP contribution in [0.3, 0.4) is 0 Å². The SMILES string of the molecule is CCCCCCCCCCCCCCCCCCCCC(O)=S.OCC(O)CO. The van der Waals surface area contributed by atoms with Crippen molar-refractivity contribution in [3.8, 4) is 0 Å². The van der Waals surface area contributed by atoms with Crippen LogP contribution in [0, 0.1) is 0 Å². The van der Waals surface area contributed by atoms with Gasteiger partial charge in [-0.05, 0) is 18.6 Å². The summed E-state index contributed by atoms with van der Waals surface area (Å²) in [6.07, 6.45) is 24.8. The molecule has 5 heteroatoms. The Morgan fingerprint density at radius 2 is 0.862 bits per heavy atom. The van der Waals surface area contributed by atoms with Crippen molar-refractivity contribution in [1.29, 1.82) is 0 Å². The molecule has 29 heavy (non-hydrogen) atoms. The molecule has 0 aliphatic heterocycles. The molecule has 0 bridgehead atoms. The summed E-state index contributed by atoms with van der Waals surface area (Å²) in [5, 5.41) is 33.1. The lowest BCUT2D eigenvalue weighted by Gasteiger charge is -2.03. The number of aliphatic hydroxyl groups excluding tert-OH is 4. The summed E-state index contributed by atoms with van der Waals surface area (Å²) in [4.78, 5) is 0. The predicted octanol–water partition coefficient (Wildman–Crippen LogP) is 6.64. The van der Waals surface area contributed by atoms with E-state index >= 15 is 0 Å². The van der Waals surface area contributed by atoms with E-state index in [1.807, 2.05) is 0 Å². The molecule has 176 valence electrons. The molecular weight excluding hydrogens is 384 g/mol. The van der Waals surface area contributed by atoms with Crippen LogP contribution >= 0.6 is 12.2 Å². The number of unbranched alkanes of at least 4 members (excludes halogenated alkanes) is 17. The minimum Gasteiger partial charge on any atom is -0.502 e. The number of hydrogen-bond donors (Lipinski definition) is 4. The third-order valence-electron chi connectivity index (χ3n) is 5.17. The first-order valence-electron chi connectivity index (χ1n) is 12.2. The second-order valence-electron chi connectivity index (χ2n) is 8.17. The molecule has 0 aromatic heterocycles. The van der Waals surface area contributed by atoms with Crippen LogP contribution in [0.25, 0.3) is 0 Å². The Kier molecular flexibility index (Phi) is 29.6. The molecule has 0 atom stereocenters. The van der Waals surface area contributed by atoms with E-state index < -0.39 is 6.10 Å². The minimum absolute atomic E-state index is 0.182. The highest BCUT2D eigenvalue weighted by molar-refractivity contribution is 7.80. The predicted molar refractivity (Wildman–Crippen MR) is 129 cm³/mol. The van der Waals surface area contributed by atoms with Crippen molar-refractivity contribution in [2.45, 2.75) is 135 Å². The van der Waals surface area contributed by atoms with Gasteiger partial charge >= 0.3 is 0 Å². The zero-order chi connectivity index (χ0) is 22.0. The third-order valence-corrected chi connectivity index (χ3v) is 5.37. The molecule has 0 radical (unpaired) electrons. The van der Waals surface area contributed by atoms with Gasteiger partial charge in [0.1, 0.15) is 6.10 Å². The molecule has 4 nitrogen and oxygen atoms in total. The Bertz CT molecular complexity index is 309. The van der Waals surface area contributed by atoms with Crippen molar-refractivity contribution >= 4 is 17.3 Å². The summed E-state index contributed by atoms with van der Waals surface area (Å²) in [5.41, 5.74) is 0. The molecule has 0 spiro atoms. The van der Waals surface area contributed by atoms with Gasteiger partial charge < -0.3 is 20.4 Å². The van der Waals surface area contributed by atoms with Gasteiger partial charge in [0.15, 0.2) is 5.05 Å². The monoisotopic (exact) mass is 434 g/mol. The van der Waals surface area contributed by atoms with Crippen LogP contribution in [0.4, 0.5) is 0 Å². The van der Waals surface area contributed by atoms with E-state index in [2.05, 4.69) is 19.1 Å². The average Bonchev–Trinajstić information content (AvgIpc) is 2.72. The van der Waals surface area contributed by atoms with Crippen LogP contribution in [0.15, 0.2) is 0 Å². The Balaban J connectivity index is 0. The molecule has 0 aromatic rings. The fourth-order valence-electron chi connectivity index (χ4n) is 3.24. The second-order valence-corrected chi connectivity index (χ2v) is 8.64. The first kappa shape index (κ1) is 31.0. The van der Waals surface area contributed by atoms with E-state index in [-0.39, 0.29) is 18.3 Å². The van der Waals surface area contributed by atoms with Crippen molar-refractivity contribution in [1.82, 2.24) is 0 Å². The molecule has 0 aliphatic rings. The smallest absolute Gasteiger partial charge is 0.156 e. The summed E-state index contributed by atoms with van der Waals surface area (Å²) in [5.74, 6) is 0. The van der Waals surface area contributed by atoms with Crippen LogP contribution in [0.1, 0.15) is 129 Å². The van der Waals surface area contributed by atoms with Crippen molar-refractivity contribution in [3.63, 3.8) is 0 Å². The lowest BCUT2D eigenvalue weighted by molar-refractivity contribution is 0.0450. The lowest BCUT2D eigenvalue weighted by atomic mass is 10.0. The standard InChI is InChI=1S/C21H42OS.C3H8O3/c1-2-3-4-5-6-7-8-9-10-11-12-13-14-15-16-17-18-19-20-21(22)23;4-1-3(6)2-5/h2-20H2,1H3,(H,22,23);3-6H,1-2H2. The van der Waals surface area contributed by atoms with Crippen LogP contribution in [-0.2, 0) is 0 Å². The summed E-state index contributed by atoms with van der Waals surface area (Å²) < 4.78 is 0. The molecule has 0 unspecified atom stereocenters. The Labute approximate surface area is 186 Å². The molecule has 0 aliphatic carbocycles. The first-order chi connectivity index (χ1) is 14.1. The van der Waals surface area contributed by atoms with Gasteiger partial charge in [0.2, 0.25) is 0 Å². The number of rotatable bonds is 21. The van der Waals surface area contributed by atoms with Crippen molar-refractivity contribution < 1.29 is 20.4 Å². The maximum atomic E-state index is 8.92. The average molecular weight is 435 g/mol. The minimum atomic E-state index is -0.954. The highest BCUT2D eigenvalue weighted by Gasteiger charge is 1.96. The second kappa shape index (κ2) is 27.8. The van der Waals surface area contributed by atoms with E-state index in [9.17, 15) is 0 Å². The number of hydrogen-bond acceptors (Lipinski definition) is 4. The van der Waals surface area contributed by atoms with Gasteiger partial charge in [-0.15, -0.1) is 0 Å². The van der Waals surface area contributed by atoms with Gasteiger partial charge in [-0.1, -0.05) is 116 Å². The normalized spacial score (nSPS) is 10.8. The molecular formula is C24H50O4S. The maximum Gasteiger partial charge on any atom is 0.156 e. The fraction of sp³-hybridized carbons (Fsp3) is 0.958. The van der Waals surface area contributed by atoms with Crippen LogP contribution < -0.4 is 0 Å². The van der Waals surface area contributed by atoms with E-state index in [4.69, 9.17) is 20.4 Å². The van der Waals surface area contributed by atoms with Gasteiger partial charge in [-0.2, -0.15) is 0 Å². The number of aliphatic hydroxyl groups is 4. The lowest BCUT2D eigenvalue weighted by Crippen LogP contribution is -2.15. The molecule has 0 heterocycles. The highest BCUT2D eigenvalue weighted by atomic mass is 32.1. The Morgan fingerprint density at radius 1 is 0.586 bits per heavy atom. The topological polar surface area (TPSA) is 80.9 Å². The van der Waals surface area contributed by atoms with Crippen molar-refractivity contribution in [2.24, 2.45) is 0 Å². The molecule has 4 N–H and O–H groups in total. The van der Waals surface area contributed by atoms with E-state index in [1.165, 1.54) is 109 Å². The largest absolute Gasteiger partial charge is 0.502 e. The van der Waals surface area contributed by atoms with E-state index in [0.29, 0.717) is 6.42 Å². The number of thiocarbonyl (C=S) groups is 1. The van der Waals surface area contributed by atoms with Gasteiger partial charge in [0, 0.05) is 6.42 Å².